The molecular formula is C29H37BrN2O2. The Labute approximate surface area is 213 Å². The number of ketones is 1. The van der Waals surface area contributed by atoms with Crippen molar-refractivity contribution >= 4 is 27.8 Å². The molecule has 0 saturated heterocycles. The van der Waals surface area contributed by atoms with Crippen molar-refractivity contribution in [3.8, 4) is 5.75 Å². The zero-order valence-corrected chi connectivity index (χ0v) is 23.2. The topological polar surface area (TPSA) is 52.9 Å². The van der Waals surface area contributed by atoms with Gasteiger partial charge in [-0.15, -0.1) is 0 Å². The molecule has 2 aromatic rings. The molecule has 5 heteroatoms. The quantitative estimate of drug-likeness (QED) is 0.422. The minimum atomic E-state index is -0.358. The predicted octanol–water partition coefficient (Wildman–Crippen LogP) is 7.14. The van der Waals surface area contributed by atoms with Gasteiger partial charge in [0.15, 0.2) is 5.78 Å². The lowest BCUT2D eigenvalue weighted by molar-refractivity contribution is 0.0939. The van der Waals surface area contributed by atoms with Gasteiger partial charge in [-0.25, -0.2) is 0 Å². The molecule has 182 valence electrons. The van der Waals surface area contributed by atoms with Crippen molar-refractivity contribution in [2.75, 3.05) is 6.54 Å². The fourth-order valence-electron chi connectivity index (χ4n) is 4.51. The van der Waals surface area contributed by atoms with Gasteiger partial charge in [-0.1, -0.05) is 78.0 Å². The Kier molecular flexibility index (Phi) is 7.19. The van der Waals surface area contributed by atoms with E-state index in [4.69, 9.17) is 0 Å². The second-order valence-electron chi connectivity index (χ2n) is 11.8. The van der Waals surface area contributed by atoms with Gasteiger partial charge in [0, 0.05) is 23.1 Å². The fraction of sp³-hybridized carbons (Fsp3) is 0.448. The number of halogens is 1. The molecule has 0 saturated carbocycles. The first-order valence-electron chi connectivity index (χ1n) is 11.8. The number of hydrogen-bond acceptors (Lipinski definition) is 3. The first-order chi connectivity index (χ1) is 15.6. The SMILES string of the molecule is CC(C)(C)c1cc(C(=O)CN2C(=NBr)C(Cc3ccccc3)=CC2(C)C)cc(C(C)(C)C)c1O. The minimum absolute atomic E-state index is 0.00656. The maximum absolute atomic E-state index is 13.7. The first-order valence-corrected chi connectivity index (χ1v) is 12.5. The van der Waals surface area contributed by atoms with Crippen LogP contribution in [0.4, 0.5) is 0 Å². The highest BCUT2D eigenvalue weighted by atomic mass is 79.9. The summed E-state index contributed by atoms with van der Waals surface area (Å²) in [6.45, 7) is 16.8. The second kappa shape index (κ2) is 9.33. The number of amidine groups is 1. The van der Waals surface area contributed by atoms with E-state index in [0.717, 1.165) is 29.0 Å². The third-order valence-corrected chi connectivity index (χ3v) is 6.77. The molecule has 1 aliphatic rings. The number of Topliss-reactive ketones (excluding diaryl/α,β-unsaturated/α-hetero) is 1. The Morgan fingerprint density at radius 1 is 1.00 bits per heavy atom. The third kappa shape index (κ3) is 5.46. The lowest BCUT2D eigenvalue weighted by atomic mass is 9.78. The maximum atomic E-state index is 13.7. The summed E-state index contributed by atoms with van der Waals surface area (Å²) in [5.41, 5.74) is 3.56. The van der Waals surface area contributed by atoms with Gasteiger partial charge < -0.3 is 10.0 Å². The van der Waals surface area contributed by atoms with E-state index in [2.05, 4.69) is 98.7 Å². The van der Waals surface area contributed by atoms with Crippen LogP contribution in [0.25, 0.3) is 0 Å². The third-order valence-electron chi connectivity index (χ3n) is 6.43. The number of nitrogens with zero attached hydrogens (tertiary/aromatic N) is 2. The van der Waals surface area contributed by atoms with Gasteiger partial charge in [-0.2, -0.15) is 4.02 Å². The van der Waals surface area contributed by atoms with E-state index in [9.17, 15) is 9.90 Å². The predicted molar refractivity (Wildman–Crippen MR) is 145 cm³/mol. The van der Waals surface area contributed by atoms with Crippen LogP contribution in [-0.2, 0) is 17.3 Å². The number of rotatable bonds is 5. The molecule has 4 nitrogen and oxygen atoms in total. The number of phenolic OH excluding ortho intramolecular Hbond substituents is 1. The normalized spacial score (nSPS) is 17.3. The smallest absolute Gasteiger partial charge is 0.182 e. The van der Waals surface area contributed by atoms with E-state index >= 15 is 0 Å². The van der Waals surface area contributed by atoms with Crippen LogP contribution in [0.2, 0.25) is 0 Å². The molecule has 0 unspecified atom stereocenters. The molecule has 0 aliphatic carbocycles. The zero-order valence-electron chi connectivity index (χ0n) is 21.7. The summed E-state index contributed by atoms with van der Waals surface area (Å²) in [6.07, 6.45) is 2.95. The van der Waals surface area contributed by atoms with E-state index < -0.39 is 0 Å². The molecule has 0 bridgehead atoms. The number of benzene rings is 2. The zero-order chi connectivity index (χ0) is 25.5. The lowest BCUT2D eigenvalue weighted by Gasteiger charge is -2.33. The van der Waals surface area contributed by atoms with Crippen molar-refractivity contribution in [2.24, 2.45) is 4.02 Å². The Balaban J connectivity index is 1.96. The number of carbonyl (C=O) groups excluding carboxylic acids is 1. The van der Waals surface area contributed by atoms with Gasteiger partial charge in [-0.3, -0.25) is 4.79 Å². The van der Waals surface area contributed by atoms with Gasteiger partial charge >= 0.3 is 0 Å². The van der Waals surface area contributed by atoms with Gasteiger partial charge in [0.25, 0.3) is 0 Å². The van der Waals surface area contributed by atoms with Crippen molar-refractivity contribution in [2.45, 2.75) is 78.2 Å². The van der Waals surface area contributed by atoms with Gasteiger partial charge in [0.2, 0.25) is 0 Å². The summed E-state index contributed by atoms with van der Waals surface area (Å²) in [4.78, 5) is 15.7. The summed E-state index contributed by atoms with van der Waals surface area (Å²) >= 11 is 3.31. The van der Waals surface area contributed by atoms with E-state index in [1.165, 1.54) is 5.56 Å². The number of phenols is 1. The average Bonchev–Trinajstić information content (AvgIpc) is 2.95. The Morgan fingerprint density at radius 2 is 1.53 bits per heavy atom. The van der Waals surface area contributed by atoms with Gasteiger partial charge in [0.05, 0.1) is 28.2 Å². The second-order valence-corrected chi connectivity index (χ2v) is 12.2. The molecule has 0 atom stereocenters. The molecule has 1 aliphatic heterocycles. The van der Waals surface area contributed by atoms with Crippen LogP contribution >= 0.6 is 16.1 Å². The molecule has 0 spiro atoms. The van der Waals surface area contributed by atoms with Crippen LogP contribution < -0.4 is 0 Å². The maximum Gasteiger partial charge on any atom is 0.182 e. The average molecular weight is 526 g/mol. The highest BCUT2D eigenvalue weighted by molar-refractivity contribution is 9.08. The summed E-state index contributed by atoms with van der Waals surface area (Å²) in [5.74, 6) is 1.08. The molecule has 3 rings (SSSR count). The van der Waals surface area contributed by atoms with Crippen LogP contribution in [0.3, 0.4) is 0 Å². The van der Waals surface area contributed by atoms with Crippen molar-refractivity contribution < 1.29 is 9.90 Å². The van der Waals surface area contributed by atoms with Crippen molar-refractivity contribution in [1.82, 2.24) is 4.90 Å². The first kappa shape index (κ1) is 26.2. The van der Waals surface area contributed by atoms with Crippen LogP contribution in [0.15, 0.2) is 58.1 Å². The largest absolute Gasteiger partial charge is 0.507 e. The highest BCUT2D eigenvalue weighted by Crippen LogP contribution is 2.40. The van der Waals surface area contributed by atoms with Crippen molar-refractivity contribution in [3.63, 3.8) is 0 Å². The summed E-state index contributed by atoms with van der Waals surface area (Å²) in [5, 5.41) is 11.0. The number of carbonyl (C=O) groups is 1. The molecule has 1 heterocycles. The van der Waals surface area contributed by atoms with Crippen LogP contribution in [0.5, 0.6) is 5.75 Å². The standard InChI is InChI=1S/C29H37BrN2O2/c1-27(2,3)22-15-20(16-23(25(22)34)28(4,5)6)24(33)18-32-26(31-30)21(17-29(32,7)8)14-19-12-10-9-11-13-19/h9-13,15-17,34H,14,18H2,1-8H3. The summed E-state index contributed by atoms with van der Waals surface area (Å²) in [6, 6.07) is 14.0. The van der Waals surface area contributed by atoms with Crippen LogP contribution in [-0.4, -0.2) is 33.7 Å². The molecule has 1 N–H and O–H groups in total. The molecular weight excluding hydrogens is 488 g/mol. The Morgan fingerprint density at radius 3 is 2.00 bits per heavy atom. The van der Waals surface area contributed by atoms with E-state index in [-0.39, 0.29) is 34.4 Å². The fourth-order valence-corrected chi connectivity index (χ4v) is 4.93. The number of aromatic hydroxyl groups is 1. The van der Waals surface area contributed by atoms with Crippen molar-refractivity contribution in [3.05, 3.63) is 76.4 Å². The van der Waals surface area contributed by atoms with Crippen molar-refractivity contribution in [1.29, 1.82) is 0 Å². The minimum Gasteiger partial charge on any atom is -0.507 e. The summed E-state index contributed by atoms with van der Waals surface area (Å²) < 4.78 is 4.41. The van der Waals surface area contributed by atoms with E-state index in [1.54, 1.807) is 0 Å². The molecule has 0 aromatic heterocycles. The van der Waals surface area contributed by atoms with Gasteiger partial charge in [0.1, 0.15) is 11.6 Å². The van der Waals surface area contributed by atoms with E-state index in [0.29, 0.717) is 5.56 Å². The lowest BCUT2D eigenvalue weighted by Crippen LogP contribution is -2.45. The number of hydrogen-bond donors (Lipinski definition) is 1. The Bertz CT molecular complexity index is 1100. The van der Waals surface area contributed by atoms with Gasteiger partial charge in [-0.05, 0) is 47.9 Å². The van der Waals surface area contributed by atoms with Crippen LogP contribution in [0, 0.1) is 0 Å². The molecule has 0 fully saturated rings. The molecule has 0 amide bonds. The van der Waals surface area contributed by atoms with Crippen LogP contribution in [0.1, 0.15) is 82.4 Å². The molecule has 34 heavy (non-hydrogen) atoms. The highest BCUT2D eigenvalue weighted by Gasteiger charge is 2.38. The molecule has 2 aromatic carbocycles. The Hall–Kier alpha value is -2.40. The monoisotopic (exact) mass is 524 g/mol. The molecule has 0 radical (unpaired) electrons. The summed E-state index contributed by atoms with van der Waals surface area (Å²) in [7, 11) is 0. The van der Waals surface area contributed by atoms with E-state index in [1.807, 2.05) is 30.3 Å².